The molecule has 3 amide bonds. The van der Waals surface area contributed by atoms with Crippen LogP contribution in [0.5, 0.6) is 0 Å². The monoisotopic (exact) mass is 1880 g/mol. The normalized spacial score (nSPS) is 40.9. The van der Waals surface area contributed by atoms with Gasteiger partial charge in [0.2, 0.25) is 17.7 Å². The van der Waals surface area contributed by atoms with Crippen molar-refractivity contribution in [2.24, 2.45) is 0 Å². The van der Waals surface area contributed by atoms with Gasteiger partial charge in [0.05, 0.1) is 70.6 Å². The predicted octanol–water partition coefficient (Wildman–Crippen LogP) is -5.50. The summed E-state index contributed by atoms with van der Waals surface area (Å²) in [6, 6.07) is -5.14. The van der Waals surface area contributed by atoms with Crippen LogP contribution in [-0.4, -0.2) is 434 Å². The molecule has 0 radical (unpaired) electrons. The zero-order chi connectivity index (χ0) is 95.2. The minimum Gasteiger partial charge on any atom is -0.394 e. The van der Waals surface area contributed by atoms with Crippen LogP contribution in [0.1, 0.15) is 208 Å². The molecule has 42 atom stereocenters. The highest BCUT2D eigenvalue weighted by Crippen LogP contribution is 2.41. The van der Waals surface area contributed by atoms with E-state index in [0.717, 1.165) is 71.6 Å². The number of rotatable bonds is 54. The van der Waals surface area contributed by atoms with E-state index in [4.69, 9.17) is 75.8 Å². The van der Waals surface area contributed by atoms with E-state index in [1.807, 2.05) is 6.08 Å². The summed E-state index contributed by atoms with van der Waals surface area (Å²) in [5, 5.41) is 257. The van der Waals surface area contributed by atoms with Crippen LogP contribution in [0.3, 0.4) is 0 Å². The number of ether oxygens (including phenoxy) is 16. The number of nitrogens with one attached hydrogen (secondary N) is 3. The predicted molar refractivity (Wildman–Crippen MR) is 447 cm³/mol. The van der Waals surface area contributed by atoms with E-state index in [0.29, 0.717) is 12.8 Å². The van der Waals surface area contributed by atoms with Crippen molar-refractivity contribution in [3.8, 4) is 0 Å². The van der Waals surface area contributed by atoms with Crippen molar-refractivity contribution in [1.29, 1.82) is 0 Å². The first kappa shape index (κ1) is 112. The third kappa shape index (κ3) is 31.1. The first-order valence-electron chi connectivity index (χ1n) is 46.7. The van der Waals surface area contributed by atoms with Crippen molar-refractivity contribution in [2.75, 3.05) is 46.2 Å². The molecule has 44 heteroatoms. The fraction of sp³-hybridized carbons (Fsp3) is 0.942. The Morgan fingerprint density at radius 2 is 0.615 bits per heavy atom. The molecule has 8 aliphatic rings. The van der Waals surface area contributed by atoms with Gasteiger partial charge in [-0.3, -0.25) is 14.4 Å². The maximum atomic E-state index is 13.8. The van der Waals surface area contributed by atoms with Gasteiger partial charge < -0.3 is 204 Å². The summed E-state index contributed by atoms with van der Waals surface area (Å²) in [4.78, 5) is 40.9. The maximum Gasteiger partial charge on any atom is 0.220 e. The fourth-order valence-electron chi connectivity index (χ4n) is 17.6. The Bertz CT molecular complexity index is 3190. The van der Waals surface area contributed by atoms with Gasteiger partial charge in [0.15, 0.2) is 50.3 Å². The van der Waals surface area contributed by atoms with Crippen molar-refractivity contribution < 1.29 is 203 Å². The number of aliphatic hydroxyl groups excluding tert-OH is 22. The van der Waals surface area contributed by atoms with E-state index in [1.165, 1.54) is 104 Å². The molecular weight excluding hydrogens is 1730 g/mol. The molecule has 0 aliphatic carbocycles. The maximum absolute atomic E-state index is 13.8. The number of carbonyl (C=O) groups excluding carboxylic acids is 3. The van der Waals surface area contributed by atoms with Crippen LogP contribution in [-0.2, 0) is 90.2 Å². The Balaban J connectivity index is 1.03. The molecule has 8 heterocycles. The molecule has 8 fully saturated rings. The minimum absolute atomic E-state index is 0.137. The number of hydrogen-bond acceptors (Lipinski definition) is 41. The Hall–Kier alpha value is -3.37. The van der Waals surface area contributed by atoms with E-state index < -0.39 is 316 Å². The number of allylic oxidation sites excluding steroid dienone is 1. The molecule has 8 saturated heterocycles. The van der Waals surface area contributed by atoms with Crippen molar-refractivity contribution >= 4 is 17.7 Å². The lowest BCUT2D eigenvalue weighted by Crippen LogP contribution is -2.72. The summed E-state index contributed by atoms with van der Waals surface area (Å²) < 4.78 is 97.7. The van der Waals surface area contributed by atoms with E-state index in [-0.39, 0.29) is 12.3 Å². The van der Waals surface area contributed by atoms with Crippen LogP contribution >= 0.6 is 0 Å². The number of unbranched alkanes of at least 4 members (excludes halogenated alkanes) is 23. The molecule has 0 aromatic heterocycles. The van der Waals surface area contributed by atoms with Crippen molar-refractivity contribution in [2.45, 2.75) is 466 Å². The van der Waals surface area contributed by atoms with E-state index in [1.54, 1.807) is 6.08 Å². The number of carbonyl (C=O) groups is 3. The van der Waals surface area contributed by atoms with Crippen LogP contribution in [0.4, 0.5) is 0 Å². The van der Waals surface area contributed by atoms with E-state index in [2.05, 4.69) is 29.8 Å². The zero-order valence-electron chi connectivity index (χ0n) is 75.3. The fourth-order valence-corrected chi connectivity index (χ4v) is 17.6. The highest BCUT2D eigenvalue weighted by Gasteiger charge is 2.61. The first-order valence-corrected chi connectivity index (χ1v) is 46.7. The van der Waals surface area contributed by atoms with Gasteiger partial charge in [-0.25, -0.2) is 0 Å². The number of aliphatic hydroxyl groups is 22. The summed E-state index contributed by atoms with van der Waals surface area (Å²) in [6.45, 7) is 1.72. The summed E-state index contributed by atoms with van der Waals surface area (Å²) >= 11 is 0. The summed E-state index contributed by atoms with van der Waals surface area (Å²) in [5.41, 5.74) is 0. The van der Waals surface area contributed by atoms with E-state index in [9.17, 15) is 127 Å². The average molecular weight is 1890 g/mol. The molecule has 8 aliphatic heterocycles. The molecule has 0 spiro atoms. The second-order valence-corrected chi connectivity index (χ2v) is 35.5. The largest absolute Gasteiger partial charge is 0.394 e. The molecule has 8 rings (SSSR count). The minimum atomic E-state index is -2.50. The first-order chi connectivity index (χ1) is 62.2. The lowest BCUT2D eigenvalue weighted by atomic mass is 9.93. The topological polar surface area (TPSA) is 680 Å². The summed E-state index contributed by atoms with van der Waals surface area (Å²) in [7, 11) is 0. The average Bonchev–Trinajstić information content (AvgIpc) is 0.755. The van der Waals surface area contributed by atoms with Gasteiger partial charge in [0.25, 0.3) is 0 Å². The van der Waals surface area contributed by atoms with E-state index >= 15 is 0 Å². The highest BCUT2D eigenvalue weighted by atomic mass is 16.8. The number of hydrogen-bond donors (Lipinski definition) is 25. The Morgan fingerprint density at radius 1 is 0.315 bits per heavy atom. The van der Waals surface area contributed by atoms with Crippen molar-refractivity contribution in [1.82, 2.24) is 16.0 Å². The molecule has 0 saturated carbocycles. The van der Waals surface area contributed by atoms with Crippen LogP contribution in [0.2, 0.25) is 0 Å². The lowest BCUT2D eigenvalue weighted by molar-refractivity contribution is -0.399. The molecule has 0 aromatic rings. The number of amides is 3. The second kappa shape index (κ2) is 56.6. The smallest absolute Gasteiger partial charge is 0.220 e. The Labute approximate surface area is 757 Å². The Morgan fingerprint density at radius 3 is 1.00 bits per heavy atom. The molecule has 0 aromatic carbocycles. The molecule has 25 N–H and O–H groups in total. The van der Waals surface area contributed by atoms with Crippen molar-refractivity contribution in [3.63, 3.8) is 0 Å². The van der Waals surface area contributed by atoms with Crippen LogP contribution in [0, 0.1) is 0 Å². The van der Waals surface area contributed by atoms with Gasteiger partial charge in [-0.15, -0.1) is 0 Å². The van der Waals surface area contributed by atoms with Crippen LogP contribution < -0.4 is 16.0 Å². The van der Waals surface area contributed by atoms with Gasteiger partial charge in [-0.2, -0.15) is 0 Å². The van der Waals surface area contributed by atoms with Gasteiger partial charge in [0.1, 0.15) is 183 Å². The molecular formula is C86H153N3O41. The zero-order valence-corrected chi connectivity index (χ0v) is 75.3. The molecule has 0 bridgehead atoms. The van der Waals surface area contributed by atoms with Gasteiger partial charge in [-0.1, -0.05) is 167 Å². The molecule has 16 unspecified atom stereocenters. The lowest BCUT2D eigenvalue weighted by Gasteiger charge is -2.52. The van der Waals surface area contributed by atoms with Crippen LogP contribution in [0.15, 0.2) is 12.2 Å². The second-order valence-electron chi connectivity index (χ2n) is 35.5. The van der Waals surface area contributed by atoms with Crippen molar-refractivity contribution in [3.05, 3.63) is 12.2 Å². The summed E-state index contributed by atoms with van der Waals surface area (Å²) in [5.74, 6) is -2.33. The third-order valence-electron chi connectivity index (χ3n) is 25.4. The molecule has 130 heavy (non-hydrogen) atoms. The van der Waals surface area contributed by atoms with Gasteiger partial charge in [0, 0.05) is 20.3 Å². The van der Waals surface area contributed by atoms with Gasteiger partial charge in [-0.05, 0) is 33.1 Å². The Kier molecular flexibility index (Phi) is 48.8. The molecule has 44 nitrogen and oxygen atoms in total. The van der Waals surface area contributed by atoms with Gasteiger partial charge >= 0.3 is 0 Å². The SMILES string of the molecule is CCCCCCCCCCCCC/C=C/[C@@H](O)[C@H](CO[C@@H]1OC(CO)[C@@H](O[C@@H]2OC(CO)[C@H](O)[C@H](O[C@@H]3OC(CO)[C@@H](O[C@H]4OC(C)[C@@H](O)C(O)[C@@H]4O)[C@H](O[C@@H]4OC(CO)[C@H](O)[C@H](O[C@@H]5OC(CO)[C@@H](O[C@@H]6OC(CO)[C@H](O)[C@H](O)C6O)[C@H](O[C@H]6OC(C)[C@@H](O)C(O)[C@@H]6O)C5NC(C)=O)C4O)C3NC(C)=O)C2O)[C@H](O)C1O)NC(=O)CCCCCCCCCCCCCCC. The standard InChI is InChI=1S/C86H153N3O41/c1-7-9-11-13-15-17-19-21-23-25-27-29-31-33-47(98)46(89-54(99)34-32-30-28-26-24-22-20-18-16-14-12-10-8-2)41-115-81-69(112)65(108)72(51(38-93)123-81)124-85-70(113)77(60(103)49(36-91)119-85)129-80-56(88-45(6)97)76(73(52(39-94)121-80)125-82-66(109)62(105)57(100)42(3)116-82)128-86-71(114)78(61(104)50(37-92)120-86)130-79-55(87-44(5)96)75(127-83-67(110)63(106)58(101)43(4)117-83)74(53(40-95)122-79)126-84-68(111)64(107)59(102)48(35-90)118-84/h31,33,42-43,46-53,55-86,90-95,98,100-114H,7-30,32,34-41H2,1-6H3,(H,87,96)(H,88,97)(H,89,99)/b33-31+/t42?,43?,46-,47+,48?,49?,50?,51?,52?,53?,55?,56?,57+,58+,59-,60-,61-,62?,63?,64-,65+,66-,67-,68?,69?,70?,71?,72+,73+,74+,75+,76+,77-,78-,79-,80-,81+,82+,83+,84-,85-,86-/m0/s1. The molecule has 758 valence electrons. The van der Waals surface area contributed by atoms with Crippen LogP contribution in [0.25, 0.3) is 0 Å². The third-order valence-corrected chi connectivity index (χ3v) is 25.4. The quantitative estimate of drug-likeness (QED) is 0.0200. The highest BCUT2D eigenvalue weighted by molar-refractivity contribution is 5.76. The summed E-state index contributed by atoms with van der Waals surface area (Å²) in [6.07, 6.45) is -46.8.